The van der Waals surface area contributed by atoms with Gasteiger partial charge in [0.1, 0.15) is 0 Å². The summed E-state index contributed by atoms with van der Waals surface area (Å²) in [4.78, 5) is 13.7. The van der Waals surface area contributed by atoms with Crippen LogP contribution in [0.3, 0.4) is 0 Å². The minimum atomic E-state index is -0.714. The maximum atomic E-state index is 11.6. The third-order valence-corrected chi connectivity index (χ3v) is 2.88. The molecule has 0 saturated heterocycles. The number of aliphatic hydroxyl groups is 1. The number of carbonyl (C=O) groups is 1. The predicted octanol–water partition coefficient (Wildman–Crippen LogP) is 1.64. The molecular weight excluding hydrogens is 240 g/mol. The highest BCUT2D eigenvalue weighted by atomic mass is 16.3. The van der Waals surface area contributed by atoms with Gasteiger partial charge in [0, 0.05) is 25.7 Å². The number of benzene rings is 1. The average Bonchev–Trinajstić information content (AvgIpc) is 2.35. The van der Waals surface area contributed by atoms with Gasteiger partial charge in [0.15, 0.2) is 0 Å². The second kappa shape index (κ2) is 6.68. The minimum absolute atomic E-state index is 0.0765. The van der Waals surface area contributed by atoms with E-state index in [1.165, 1.54) is 0 Å². The van der Waals surface area contributed by atoms with Crippen molar-refractivity contribution >= 4 is 5.91 Å². The zero-order valence-electron chi connectivity index (χ0n) is 12.2. The Morgan fingerprint density at radius 3 is 2.63 bits per heavy atom. The molecule has 0 aliphatic carbocycles. The quantitative estimate of drug-likeness (QED) is 0.821. The molecule has 19 heavy (non-hydrogen) atoms. The first-order valence-corrected chi connectivity index (χ1v) is 6.61. The van der Waals surface area contributed by atoms with Crippen molar-refractivity contribution in [2.24, 2.45) is 0 Å². The molecule has 4 heteroatoms. The van der Waals surface area contributed by atoms with E-state index in [2.05, 4.69) is 17.1 Å². The van der Waals surface area contributed by atoms with E-state index in [0.717, 1.165) is 18.7 Å². The van der Waals surface area contributed by atoms with Crippen LogP contribution in [0.25, 0.3) is 0 Å². The summed E-state index contributed by atoms with van der Waals surface area (Å²) in [5, 5.41) is 12.5. The number of rotatable bonds is 6. The zero-order chi connectivity index (χ0) is 14.5. The third kappa shape index (κ3) is 5.41. The summed E-state index contributed by atoms with van der Waals surface area (Å²) in [6.45, 7) is 7.86. The van der Waals surface area contributed by atoms with E-state index in [0.29, 0.717) is 12.1 Å². The van der Waals surface area contributed by atoms with Crippen LogP contribution >= 0.6 is 0 Å². The van der Waals surface area contributed by atoms with Gasteiger partial charge in [-0.2, -0.15) is 0 Å². The lowest BCUT2D eigenvalue weighted by atomic mass is 10.1. The summed E-state index contributed by atoms with van der Waals surface area (Å²) in [5.41, 5.74) is 1.03. The molecule has 106 valence electrons. The van der Waals surface area contributed by atoms with Gasteiger partial charge in [-0.3, -0.25) is 9.69 Å². The summed E-state index contributed by atoms with van der Waals surface area (Å²) in [5.74, 6) is -0.0765. The van der Waals surface area contributed by atoms with E-state index < -0.39 is 5.60 Å². The lowest BCUT2D eigenvalue weighted by Crippen LogP contribution is -2.38. The van der Waals surface area contributed by atoms with Crippen molar-refractivity contribution in [3.8, 4) is 0 Å². The van der Waals surface area contributed by atoms with Crippen LogP contribution in [0.15, 0.2) is 24.3 Å². The first-order chi connectivity index (χ1) is 8.85. The van der Waals surface area contributed by atoms with Crippen molar-refractivity contribution < 1.29 is 9.90 Å². The van der Waals surface area contributed by atoms with Gasteiger partial charge in [0.05, 0.1) is 5.60 Å². The fourth-order valence-corrected chi connectivity index (χ4v) is 2.04. The van der Waals surface area contributed by atoms with Crippen LogP contribution in [0.4, 0.5) is 0 Å². The van der Waals surface area contributed by atoms with Crippen LogP contribution in [0.1, 0.15) is 36.7 Å². The maximum absolute atomic E-state index is 11.6. The molecule has 1 aromatic rings. The Kier molecular flexibility index (Phi) is 5.51. The number of carbonyl (C=O) groups excluding carboxylic acids is 1. The van der Waals surface area contributed by atoms with Crippen molar-refractivity contribution in [2.75, 3.05) is 20.1 Å². The van der Waals surface area contributed by atoms with Crippen LogP contribution in [0.5, 0.6) is 0 Å². The summed E-state index contributed by atoms with van der Waals surface area (Å²) in [6.07, 6.45) is 0. The highest BCUT2D eigenvalue weighted by Gasteiger charge is 2.17. The van der Waals surface area contributed by atoms with E-state index in [-0.39, 0.29) is 5.91 Å². The van der Waals surface area contributed by atoms with E-state index in [1.807, 2.05) is 18.2 Å². The number of amides is 1. The number of nitrogens with one attached hydrogen (secondary N) is 1. The second-order valence-corrected chi connectivity index (χ2v) is 5.40. The number of hydrogen-bond acceptors (Lipinski definition) is 3. The van der Waals surface area contributed by atoms with Crippen molar-refractivity contribution in [1.82, 2.24) is 10.2 Å². The molecule has 2 N–H and O–H groups in total. The Morgan fingerprint density at radius 1 is 1.42 bits per heavy atom. The highest BCUT2D eigenvalue weighted by molar-refractivity contribution is 5.94. The first-order valence-electron chi connectivity index (χ1n) is 6.61. The van der Waals surface area contributed by atoms with Gasteiger partial charge in [-0.25, -0.2) is 0 Å². The first kappa shape index (κ1) is 15.7. The highest BCUT2D eigenvalue weighted by Crippen LogP contribution is 2.11. The normalized spacial score (nSPS) is 11.7. The average molecular weight is 264 g/mol. The monoisotopic (exact) mass is 264 g/mol. The van der Waals surface area contributed by atoms with Crippen LogP contribution in [-0.4, -0.2) is 41.7 Å². The van der Waals surface area contributed by atoms with Crippen molar-refractivity contribution in [1.29, 1.82) is 0 Å². The molecule has 0 radical (unpaired) electrons. The van der Waals surface area contributed by atoms with Crippen LogP contribution in [0, 0.1) is 0 Å². The number of hydrogen-bond donors (Lipinski definition) is 2. The fourth-order valence-electron chi connectivity index (χ4n) is 2.04. The molecule has 0 spiro atoms. The molecule has 0 saturated carbocycles. The molecule has 1 aromatic carbocycles. The molecule has 0 fully saturated rings. The minimum Gasteiger partial charge on any atom is -0.389 e. The summed E-state index contributed by atoms with van der Waals surface area (Å²) >= 11 is 0. The van der Waals surface area contributed by atoms with Crippen molar-refractivity contribution in [3.63, 3.8) is 0 Å². The molecule has 0 bridgehead atoms. The molecule has 0 aliphatic heterocycles. The molecule has 4 nitrogen and oxygen atoms in total. The SMILES string of the molecule is CCN(Cc1cccc(C(=O)NC)c1)CC(C)(C)O. The van der Waals surface area contributed by atoms with E-state index in [9.17, 15) is 9.90 Å². The Balaban J connectivity index is 2.77. The predicted molar refractivity (Wildman–Crippen MR) is 77.1 cm³/mol. The Hall–Kier alpha value is -1.39. The molecule has 0 unspecified atom stereocenters. The van der Waals surface area contributed by atoms with Crippen LogP contribution in [-0.2, 0) is 6.54 Å². The van der Waals surface area contributed by atoms with Gasteiger partial charge in [0.2, 0.25) is 0 Å². The van der Waals surface area contributed by atoms with Crippen LogP contribution < -0.4 is 5.32 Å². The van der Waals surface area contributed by atoms with Gasteiger partial charge in [-0.1, -0.05) is 19.1 Å². The van der Waals surface area contributed by atoms with E-state index in [1.54, 1.807) is 27.0 Å². The standard InChI is InChI=1S/C15H24N2O2/c1-5-17(11-15(2,3)19)10-12-7-6-8-13(9-12)14(18)16-4/h6-9,19H,5,10-11H2,1-4H3,(H,16,18). The fraction of sp³-hybridized carbons (Fsp3) is 0.533. The smallest absolute Gasteiger partial charge is 0.251 e. The molecule has 0 aliphatic rings. The largest absolute Gasteiger partial charge is 0.389 e. The molecular formula is C15H24N2O2. The topological polar surface area (TPSA) is 52.6 Å². The molecule has 1 rings (SSSR count). The van der Waals surface area contributed by atoms with Gasteiger partial charge in [0.25, 0.3) is 5.91 Å². The Labute approximate surface area is 115 Å². The Bertz CT molecular complexity index is 424. The van der Waals surface area contributed by atoms with Gasteiger partial charge in [-0.05, 0) is 38.1 Å². The molecule has 0 atom stereocenters. The summed E-state index contributed by atoms with van der Waals surface area (Å²) < 4.78 is 0. The maximum Gasteiger partial charge on any atom is 0.251 e. The number of likely N-dealkylation sites (N-methyl/N-ethyl adjacent to an activating group) is 1. The summed E-state index contributed by atoms with van der Waals surface area (Å²) in [7, 11) is 1.63. The Morgan fingerprint density at radius 2 is 2.11 bits per heavy atom. The third-order valence-electron chi connectivity index (χ3n) is 2.88. The summed E-state index contributed by atoms with van der Waals surface area (Å²) in [6, 6.07) is 7.58. The molecule has 0 heterocycles. The molecule has 1 amide bonds. The van der Waals surface area contributed by atoms with Gasteiger partial charge in [-0.15, -0.1) is 0 Å². The van der Waals surface area contributed by atoms with E-state index in [4.69, 9.17) is 0 Å². The number of nitrogens with zero attached hydrogens (tertiary/aromatic N) is 1. The van der Waals surface area contributed by atoms with E-state index >= 15 is 0 Å². The zero-order valence-corrected chi connectivity index (χ0v) is 12.2. The van der Waals surface area contributed by atoms with Gasteiger partial charge < -0.3 is 10.4 Å². The molecule has 0 aromatic heterocycles. The van der Waals surface area contributed by atoms with Crippen molar-refractivity contribution in [2.45, 2.75) is 32.9 Å². The van der Waals surface area contributed by atoms with Crippen LogP contribution in [0.2, 0.25) is 0 Å². The lowest BCUT2D eigenvalue weighted by molar-refractivity contribution is 0.0353. The van der Waals surface area contributed by atoms with Gasteiger partial charge >= 0.3 is 0 Å². The lowest BCUT2D eigenvalue weighted by Gasteiger charge is -2.28. The second-order valence-electron chi connectivity index (χ2n) is 5.40. The van der Waals surface area contributed by atoms with Crippen molar-refractivity contribution in [3.05, 3.63) is 35.4 Å².